The smallest absolute Gasteiger partial charge is 0.306 e. The van der Waals surface area contributed by atoms with Crippen LogP contribution in [0.15, 0.2) is 40.9 Å². The van der Waals surface area contributed by atoms with E-state index in [1.54, 1.807) is 0 Å². The number of hydrogen-bond donors (Lipinski definition) is 0. The maximum absolute atomic E-state index is 11.3. The number of rotatable bonds is 5. The molecule has 0 saturated heterocycles. The molecule has 0 fully saturated rings. The van der Waals surface area contributed by atoms with E-state index in [9.17, 15) is 4.79 Å². The van der Waals surface area contributed by atoms with Crippen molar-refractivity contribution >= 4 is 21.9 Å². The maximum atomic E-state index is 11.3. The van der Waals surface area contributed by atoms with E-state index >= 15 is 0 Å². The number of carbonyl (C=O) groups excluding carboxylic acids is 1. The molecule has 1 aromatic rings. The van der Waals surface area contributed by atoms with Crippen molar-refractivity contribution in [1.82, 2.24) is 0 Å². The highest BCUT2D eigenvalue weighted by atomic mass is 79.9. The van der Waals surface area contributed by atoms with E-state index in [0.717, 1.165) is 10.0 Å². The molecule has 1 aromatic carbocycles. The monoisotopic (exact) mass is 282 g/mol. The van der Waals surface area contributed by atoms with Gasteiger partial charge < -0.3 is 4.74 Å². The zero-order chi connectivity index (χ0) is 11.8. The van der Waals surface area contributed by atoms with Crippen molar-refractivity contribution in [3.63, 3.8) is 0 Å². The molecule has 0 spiro atoms. The van der Waals surface area contributed by atoms with Crippen molar-refractivity contribution in [2.45, 2.75) is 19.8 Å². The lowest BCUT2D eigenvalue weighted by atomic mass is 10.1. The largest absolute Gasteiger partial charge is 0.461 e. The van der Waals surface area contributed by atoms with Crippen molar-refractivity contribution in [2.24, 2.45) is 0 Å². The Morgan fingerprint density at radius 1 is 1.50 bits per heavy atom. The summed E-state index contributed by atoms with van der Waals surface area (Å²) in [7, 11) is 0. The Morgan fingerprint density at radius 3 is 3.00 bits per heavy atom. The summed E-state index contributed by atoms with van der Waals surface area (Å²) in [6, 6.07) is 7.95. The van der Waals surface area contributed by atoms with Gasteiger partial charge in [0.2, 0.25) is 0 Å². The minimum atomic E-state index is -0.155. The summed E-state index contributed by atoms with van der Waals surface area (Å²) in [5.41, 5.74) is 1.14. The molecule has 0 aromatic heterocycles. The Bertz CT molecular complexity index is 372. The summed E-state index contributed by atoms with van der Waals surface area (Å²) in [5, 5.41) is 0. The van der Waals surface area contributed by atoms with Crippen LogP contribution in [-0.2, 0) is 16.0 Å². The Balaban J connectivity index is 2.31. The van der Waals surface area contributed by atoms with Crippen LogP contribution in [0, 0.1) is 0 Å². The van der Waals surface area contributed by atoms with Gasteiger partial charge in [-0.1, -0.05) is 40.2 Å². The fourth-order valence-corrected chi connectivity index (χ4v) is 1.69. The Kier molecular flexibility index (Phi) is 5.86. The highest BCUT2D eigenvalue weighted by Crippen LogP contribution is 2.13. The van der Waals surface area contributed by atoms with E-state index < -0.39 is 0 Å². The highest BCUT2D eigenvalue weighted by molar-refractivity contribution is 9.10. The van der Waals surface area contributed by atoms with Crippen LogP contribution in [-0.4, -0.2) is 12.6 Å². The molecule has 0 amide bonds. The van der Waals surface area contributed by atoms with Crippen molar-refractivity contribution in [3.05, 3.63) is 46.5 Å². The summed E-state index contributed by atoms with van der Waals surface area (Å²) in [4.78, 5) is 11.3. The Labute approximate surface area is 104 Å². The average Bonchev–Trinajstić information content (AvgIpc) is 2.27. The lowest BCUT2D eigenvalue weighted by Gasteiger charge is -2.02. The van der Waals surface area contributed by atoms with Gasteiger partial charge in [-0.3, -0.25) is 4.79 Å². The molecule has 0 saturated carbocycles. The first kappa shape index (κ1) is 13.0. The molecule has 0 aliphatic carbocycles. The van der Waals surface area contributed by atoms with Crippen LogP contribution in [0.4, 0.5) is 0 Å². The standard InChI is InChI=1S/C13H15BrO2/c1-2-3-9-16-13(15)8-7-11-5-4-6-12(14)10-11/h2-6,10H,7-9H2,1H3/b3-2+. The van der Waals surface area contributed by atoms with Gasteiger partial charge in [0, 0.05) is 10.9 Å². The van der Waals surface area contributed by atoms with Gasteiger partial charge in [0.1, 0.15) is 6.61 Å². The van der Waals surface area contributed by atoms with Gasteiger partial charge in [-0.2, -0.15) is 0 Å². The minimum Gasteiger partial charge on any atom is -0.461 e. The van der Waals surface area contributed by atoms with Crippen LogP contribution in [0.3, 0.4) is 0 Å². The highest BCUT2D eigenvalue weighted by Gasteiger charge is 2.02. The fraction of sp³-hybridized carbons (Fsp3) is 0.308. The van der Waals surface area contributed by atoms with Gasteiger partial charge in [-0.05, 0) is 31.0 Å². The van der Waals surface area contributed by atoms with Crippen molar-refractivity contribution in [3.8, 4) is 0 Å². The molecule has 0 aliphatic heterocycles. The lowest BCUT2D eigenvalue weighted by molar-refractivity contribution is -0.142. The quantitative estimate of drug-likeness (QED) is 0.610. The second-order valence-electron chi connectivity index (χ2n) is 3.38. The molecule has 0 atom stereocenters. The number of esters is 1. The Morgan fingerprint density at radius 2 is 2.31 bits per heavy atom. The van der Waals surface area contributed by atoms with Gasteiger partial charge in [-0.15, -0.1) is 0 Å². The zero-order valence-electron chi connectivity index (χ0n) is 9.28. The molecule has 16 heavy (non-hydrogen) atoms. The second-order valence-corrected chi connectivity index (χ2v) is 4.30. The Hall–Kier alpha value is -1.09. The van der Waals surface area contributed by atoms with Gasteiger partial charge in [0.15, 0.2) is 0 Å². The first-order valence-electron chi connectivity index (χ1n) is 5.23. The third kappa shape index (κ3) is 5.12. The molecule has 3 heteroatoms. The second kappa shape index (κ2) is 7.23. The van der Waals surface area contributed by atoms with Crippen LogP contribution in [0.25, 0.3) is 0 Å². The van der Waals surface area contributed by atoms with Crippen molar-refractivity contribution in [2.75, 3.05) is 6.61 Å². The van der Waals surface area contributed by atoms with Crippen molar-refractivity contribution in [1.29, 1.82) is 0 Å². The van der Waals surface area contributed by atoms with E-state index in [2.05, 4.69) is 15.9 Å². The molecule has 86 valence electrons. The molecule has 2 nitrogen and oxygen atoms in total. The summed E-state index contributed by atoms with van der Waals surface area (Å²) >= 11 is 3.40. The predicted molar refractivity (Wildman–Crippen MR) is 68.2 cm³/mol. The molecule has 1 rings (SSSR count). The number of benzene rings is 1. The lowest BCUT2D eigenvalue weighted by Crippen LogP contribution is -2.05. The third-order valence-corrected chi connectivity index (χ3v) is 2.58. The maximum Gasteiger partial charge on any atom is 0.306 e. The predicted octanol–water partition coefficient (Wildman–Crippen LogP) is 3.50. The normalized spacial score (nSPS) is 10.6. The van der Waals surface area contributed by atoms with Crippen LogP contribution >= 0.6 is 15.9 Å². The number of aryl methyl sites for hydroxylation is 1. The summed E-state index contributed by atoms with van der Waals surface area (Å²) in [5.74, 6) is -0.155. The van der Waals surface area contributed by atoms with Crippen LogP contribution in [0.5, 0.6) is 0 Å². The topological polar surface area (TPSA) is 26.3 Å². The first-order chi connectivity index (χ1) is 7.72. The molecule has 0 radical (unpaired) electrons. The zero-order valence-corrected chi connectivity index (χ0v) is 10.9. The van der Waals surface area contributed by atoms with E-state index in [1.165, 1.54) is 0 Å². The van der Waals surface area contributed by atoms with E-state index in [-0.39, 0.29) is 5.97 Å². The summed E-state index contributed by atoms with van der Waals surface area (Å²) in [6.45, 7) is 2.27. The number of ether oxygens (including phenoxy) is 1. The van der Waals surface area contributed by atoms with Crippen molar-refractivity contribution < 1.29 is 9.53 Å². The average molecular weight is 283 g/mol. The van der Waals surface area contributed by atoms with Crippen LogP contribution < -0.4 is 0 Å². The molecular weight excluding hydrogens is 268 g/mol. The fourth-order valence-electron chi connectivity index (χ4n) is 1.25. The molecule has 0 aliphatic rings. The number of hydrogen-bond acceptors (Lipinski definition) is 2. The third-order valence-electron chi connectivity index (χ3n) is 2.08. The molecule has 0 N–H and O–H groups in total. The molecule has 0 unspecified atom stereocenters. The van der Waals surface area contributed by atoms with Gasteiger partial charge in [0.25, 0.3) is 0 Å². The van der Waals surface area contributed by atoms with Crippen LogP contribution in [0.2, 0.25) is 0 Å². The summed E-state index contributed by atoms with van der Waals surface area (Å²) in [6.07, 6.45) is 4.82. The molecular formula is C13H15BrO2. The van der Waals surface area contributed by atoms with E-state index in [4.69, 9.17) is 4.74 Å². The van der Waals surface area contributed by atoms with Gasteiger partial charge in [-0.25, -0.2) is 0 Å². The number of carbonyl (C=O) groups is 1. The van der Waals surface area contributed by atoms with Gasteiger partial charge in [0.05, 0.1) is 0 Å². The van der Waals surface area contributed by atoms with Gasteiger partial charge >= 0.3 is 5.97 Å². The minimum absolute atomic E-state index is 0.155. The SMILES string of the molecule is C/C=C/COC(=O)CCc1cccc(Br)c1. The summed E-state index contributed by atoms with van der Waals surface area (Å²) < 4.78 is 6.03. The van der Waals surface area contributed by atoms with E-state index in [1.807, 2.05) is 43.3 Å². The number of allylic oxidation sites excluding steroid dienone is 1. The molecule has 0 heterocycles. The first-order valence-corrected chi connectivity index (χ1v) is 6.03. The molecule has 0 bridgehead atoms. The van der Waals surface area contributed by atoms with Crippen LogP contribution in [0.1, 0.15) is 18.9 Å². The van der Waals surface area contributed by atoms with E-state index in [0.29, 0.717) is 19.4 Å². The number of halogens is 1.